The van der Waals surface area contributed by atoms with E-state index < -0.39 is 10.0 Å². The lowest BCUT2D eigenvalue weighted by Crippen LogP contribution is -2.30. The number of hydrogen-bond donors (Lipinski definition) is 1. The summed E-state index contributed by atoms with van der Waals surface area (Å²) in [6, 6.07) is 19.4. The van der Waals surface area contributed by atoms with Gasteiger partial charge in [0.25, 0.3) is 5.91 Å². The lowest BCUT2D eigenvalue weighted by molar-refractivity contribution is 0.0951. The molecule has 1 saturated carbocycles. The summed E-state index contributed by atoms with van der Waals surface area (Å²) in [5.74, 6) is 0.502. The summed E-state index contributed by atoms with van der Waals surface area (Å²) in [5.41, 5.74) is 2.22. The molecular formula is C24H24ClN3O3S. The number of aromatic nitrogens is 1. The lowest BCUT2D eigenvalue weighted by atomic mass is 10.1. The molecule has 32 heavy (non-hydrogen) atoms. The van der Waals surface area contributed by atoms with E-state index in [0.29, 0.717) is 18.0 Å². The van der Waals surface area contributed by atoms with Gasteiger partial charge >= 0.3 is 0 Å². The SMILES string of the molecule is O=C(NCC1CC1)c1ccc(CN(Cc2ccccc2)S(=O)(=O)c2ccc(Cl)nc2)cc1. The molecule has 0 unspecified atom stereocenters. The van der Waals surface area contributed by atoms with E-state index >= 15 is 0 Å². The molecule has 166 valence electrons. The maximum absolute atomic E-state index is 13.4. The van der Waals surface area contributed by atoms with Crippen LogP contribution in [0.1, 0.15) is 34.3 Å². The van der Waals surface area contributed by atoms with Crippen molar-refractivity contribution in [1.29, 1.82) is 0 Å². The Morgan fingerprint density at radius 2 is 1.62 bits per heavy atom. The molecule has 0 aliphatic heterocycles. The van der Waals surface area contributed by atoms with Gasteiger partial charge in [-0.25, -0.2) is 13.4 Å². The van der Waals surface area contributed by atoms with Gasteiger partial charge in [-0.15, -0.1) is 0 Å². The number of halogens is 1. The number of nitrogens with one attached hydrogen (secondary N) is 1. The molecule has 1 aliphatic carbocycles. The van der Waals surface area contributed by atoms with Gasteiger partial charge in [0.2, 0.25) is 10.0 Å². The summed E-state index contributed by atoms with van der Waals surface area (Å²) in [7, 11) is -3.82. The minimum absolute atomic E-state index is 0.0777. The molecule has 0 atom stereocenters. The number of carbonyl (C=O) groups excluding carboxylic acids is 1. The highest BCUT2D eigenvalue weighted by molar-refractivity contribution is 7.89. The highest BCUT2D eigenvalue weighted by Crippen LogP contribution is 2.27. The van der Waals surface area contributed by atoms with Crippen LogP contribution in [0.15, 0.2) is 77.8 Å². The Kier molecular flexibility index (Phi) is 6.89. The average molecular weight is 470 g/mol. The van der Waals surface area contributed by atoms with E-state index in [1.807, 2.05) is 30.3 Å². The predicted octanol–water partition coefficient (Wildman–Crippen LogP) is 4.27. The molecule has 1 heterocycles. The molecule has 3 aromatic rings. The fraction of sp³-hybridized carbons (Fsp3) is 0.250. The van der Waals surface area contributed by atoms with E-state index in [1.165, 1.54) is 35.5 Å². The van der Waals surface area contributed by atoms with Gasteiger partial charge in [-0.2, -0.15) is 4.31 Å². The summed E-state index contributed by atoms with van der Waals surface area (Å²) < 4.78 is 28.1. The molecule has 1 N–H and O–H groups in total. The highest BCUT2D eigenvalue weighted by Gasteiger charge is 2.26. The third-order valence-electron chi connectivity index (χ3n) is 5.36. The molecule has 1 aliphatic rings. The fourth-order valence-corrected chi connectivity index (χ4v) is 4.78. The highest BCUT2D eigenvalue weighted by atomic mass is 35.5. The van der Waals surface area contributed by atoms with E-state index in [1.54, 1.807) is 24.3 Å². The van der Waals surface area contributed by atoms with Crippen LogP contribution in [0.4, 0.5) is 0 Å². The van der Waals surface area contributed by atoms with Crippen molar-refractivity contribution in [2.75, 3.05) is 6.54 Å². The monoisotopic (exact) mass is 469 g/mol. The fourth-order valence-electron chi connectivity index (χ4n) is 3.30. The molecule has 0 bridgehead atoms. The van der Waals surface area contributed by atoms with E-state index in [-0.39, 0.29) is 29.0 Å². The van der Waals surface area contributed by atoms with Gasteiger partial charge in [0.15, 0.2) is 0 Å². The molecule has 4 rings (SSSR count). The minimum atomic E-state index is -3.82. The topological polar surface area (TPSA) is 79.4 Å². The Bertz CT molecular complexity index is 1160. The zero-order chi connectivity index (χ0) is 22.6. The summed E-state index contributed by atoms with van der Waals surface area (Å²) in [6.45, 7) is 1.07. The standard InChI is InChI=1S/C24H24ClN3O3S/c25-23-13-12-22(15-26-23)32(30,31)28(16-19-4-2-1-3-5-19)17-20-8-10-21(11-9-20)24(29)27-14-18-6-7-18/h1-5,8-13,15,18H,6-7,14,16-17H2,(H,27,29). The Morgan fingerprint density at radius 1 is 0.969 bits per heavy atom. The molecule has 1 aromatic heterocycles. The maximum atomic E-state index is 13.4. The zero-order valence-corrected chi connectivity index (χ0v) is 19.0. The average Bonchev–Trinajstić information content (AvgIpc) is 3.63. The third kappa shape index (κ3) is 5.73. The Labute approximate surface area is 193 Å². The van der Waals surface area contributed by atoms with Crippen LogP contribution in [-0.4, -0.2) is 30.2 Å². The summed E-state index contributed by atoms with van der Waals surface area (Å²) >= 11 is 5.83. The number of hydrogen-bond acceptors (Lipinski definition) is 4. The van der Waals surface area contributed by atoms with Gasteiger partial charge in [-0.1, -0.05) is 54.1 Å². The smallest absolute Gasteiger partial charge is 0.251 e. The predicted molar refractivity (Wildman–Crippen MR) is 124 cm³/mol. The number of benzene rings is 2. The number of nitrogens with zero attached hydrogens (tertiary/aromatic N) is 2. The van der Waals surface area contributed by atoms with E-state index in [9.17, 15) is 13.2 Å². The summed E-state index contributed by atoms with van der Waals surface area (Å²) in [5, 5.41) is 3.17. The number of rotatable bonds is 9. The van der Waals surface area contributed by atoms with Crippen LogP contribution >= 0.6 is 11.6 Å². The van der Waals surface area contributed by atoms with Gasteiger partial charge in [-0.3, -0.25) is 4.79 Å². The van der Waals surface area contributed by atoms with Crippen LogP contribution in [0.25, 0.3) is 0 Å². The molecule has 6 nitrogen and oxygen atoms in total. The van der Waals surface area contributed by atoms with Crippen molar-refractivity contribution >= 4 is 27.5 Å². The van der Waals surface area contributed by atoms with Crippen molar-refractivity contribution in [2.45, 2.75) is 30.8 Å². The second-order valence-corrected chi connectivity index (χ2v) is 10.3. The van der Waals surface area contributed by atoms with E-state index in [0.717, 1.165) is 11.1 Å². The summed E-state index contributed by atoms with van der Waals surface area (Å²) in [6.07, 6.45) is 3.62. The van der Waals surface area contributed by atoms with Gasteiger partial charge in [0.05, 0.1) is 0 Å². The minimum Gasteiger partial charge on any atom is -0.352 e. The lowest BCUT2D eigenvalue weighted by Gasteiger charge is -2.22. The van der Waals surface area contributed by atoms with Crippen molar-refractivity contribution in [1.82, 2.24) is 14.6 Å². The normalized spacial score (nSPS) is 13.8. The first-order chi connectivity index (χ1) is 15.4. The number of amides is 1. The van der Waals surface area contributed by atoms with Crippen LogP contribution in [0.5, 0.6) is 0 Å². The number of pyridine rings is 1. The van der Waals surface area contributed by atoms with Crippen LogP contribution in [0.2, 0.25) is 5.15 Å². The molecule has 1 amide bonds. The van der Waals surface area contributed by atoms with Gasteiger partial charge in [0, 0.05) is 31.4 Å². The van der Waals surface area contributed by atoms with Gasteiger partial charge in [0.1, 0.15) is 10.0 Å². The second-order valence-electron chi connectivity index (χ2n) is 7.93. The quantitative estimate of drug-likeness (QED) is 0.475. The van der Waals surface area contributed by atoms with Crippen LogP contribution in [0, 0.1) is 5.92 Å². The zero-order valence-electron chi connectivity index (χ0n) is 17.4. The van der Waals surface area contributed by atoms with Crippen molar-refractivity contribution in [3.05, 3.63) is 94.8 Å². The first-order valence-electron chi connectivity index (χ1n) is 10.4. The second kappa shape index (κ2) is 9.81. The molecule has 0 saturated heterocycles. The van der Waals surface area contributed by atoms with E-state index in [2.05, 4.69) is 10.3 Å². The van der Waals surface area contributed by atoms with Crippen molar-refractivity contribution in [3.8, 4) is 0 Å². The number of carbonyl (C=O) groups is 1. The Balaban J connectivity index is 1.54. The van der Waals surface area contributed by atoms with Gasteiger partial charge < -0.3 is 5.32 Å². The van der Waals surface area contributed by atoms with E-state index in [4.69, 9.17) is 11.6 Å². The van der Waals surface area contributed by atoms with Crippen molar-refractivity contribution < 1.29 is 13.2 Å². The van der Waals surface area contributed by atoms with Crippen molar-refractivity contribution in [2.24, 2.45) is 5.92 Å². The first-order valence-corrected chi connectivity index (χ1v) is 12.3. The number of sulfonamides is 1. The third-order valence-corrected chi connectivity index (χ3v) is 7.36. The summed E-state index contributed by atoms with van der Waals surface area (Å²) in [4.78, 5) is 16.3. The van der Waals surface area contributed by atoms with Crippen LogP contribution in [-0.2, 0) is 23.1 Å². The molecular weight excluding hydrogens is 446 g/mol. The van der Waals surface area contributed by atoms with Crippen LogP contribution in [0.3, 0.4) is 0 Å². The molecule has 2 aromatic carbocycles. The first kappa shape index (κ1) is 22.5. The van der Waals surface area contributed by atoms with Crippen LogP contribution < -0.4 is 5.32 Å². The Morgan fingerprint density at radius 3 is 2.22 bits per heavy atom. The van der Waals surface area contributed by atoms with Gasteiger partial charge in [-0.05, 0) is 54.2 Å². The Hall–Kier alpha value is -2.74. The molecule has 8 heteroatoms. The molecule has 0 radical (unpaired) electrons. The largest absolute Gasteiger partial charge is 0.352 e. The molecule has 0 spiro atoms. The molecule has 1 fully saturated rings. The maximum Gasteiger partial charge on any atom is 0.251 e. The van der Waals surface area contributed by atoms with Crippen molar-refractivity contribution in [3.63, 3.8) is 0 Å².